The third-order valence-corrected chi connectivity index (χ3v) is 4.93. The van der Waals surface area contributed by atoms with Gasteiger partial charge >= 0.3 is 0 Å². The molecule has 1 aliphatic rings. The van der Waals surface area contributed by atoms with Crippen molar-refractivity contribution in [3.8, 4) is 0 Å². The summed E-state index contributed by atoms with van der Waals surface area (Å²) in [5, 5.41) is 13.1. The van der Waals surface area contributed by atoms with Crippen LogP contribution in [0.15, 0.2) is 0 Å². The molecule has 0 aromatic carbocycles. The Kier molecular flexibility index (Phi) is 8.08. The number of nitrogens with zero attached hydrogens (tertiary/aromatic N) is 1. The lowest BCUT2D eigenvalue weighted by atomic mass is 9.84. The van der Waals surface area contributed by atoms with Crippen molar-refractivity contribution >= 4 is 0 Å². The van der Waals surface area contributed by atoms with Gasteiger partial charge in [0.15, 0.2) is 0 Å². The highest BCUT2D eigenvalue weighted by atomic mass is 16.3. The van der Waals surface area contributed by atoms with E-state index in [4.69, 9.17) is 0 Å². The average molecular weight is 284 g/mol. The lowest BCUT2D eigenvalue weighted by Gasteiger charge is -2.39. The summed E-state index contributed by atoms with van der Waals surface area (Å²) in [5.74, 6) is 0. The molecule has 1 aliphatic carbocycles. The molecule has 120 valence electrons. The van der Waals surface area contributed by atoms with E-state index in [-0.39, 0.29) is 6.61 Å². The average Bonchev–Trinajstić information content (AvgIpc) is 2.87. The maximum atomic E-state index is 9.40. The Labute approximate surface area is 126 Å². The Hall–Kier alpha value is -0.120. The number of aliphatic hydroxyl groups excluding tert-OH is 1. The number of rotatable bonds is 10. The summed E-state index contributed by atoms with van der Waals surface area (Å²) in [6.07, 6.45) is 7.79. The van der Waals surface area contributed by atoms with Gasteiger partial charge in [-0.1, -0.05) is 40.5 Å². The molecule has 1 fully saturated rings. The van der Waals surface area contributed by atoms with Crippen LogP contribution in [0.5, 0.6) is 0 Å². The lowest BCUT2D eigenvalue weighted by molar-refractivity contribution is 0.0824. The Morgan fingerprint density at radius 3 is 2.20 bits per heavy atom. The molecule has 1 rings (SSSR count). The highest BCUT2D eigenvalue weighted by Crippen LogP contribution is 2.39. The minimum atomic E-state index is 0.282. The van der Waals surface area contributed by atoms with Crippen LogP contribution in [0.25, 0.3) is 0 Å². The molecule has 0 spiro atoms. The second kappa shape index (κ2) is 9.01. The van der Waals surface area contributed by atoms with E-state index in [2.05, 4.69) is 37.9 Å². The normalized spacial score (nSPS) is 18.6. The first-order chi connectivity index (χ1) is 9.56. The van der Waals surface area contributed by atoms with Gasteiger partial charge in [-0.15, -0.1) is 0 Å². The van der Waals surface area contributed by atoms with Crippen LogP contribution >= 0.6 is 0 Å². The smallest absolute Gasteiger partial charge is 0.0558 e. The zero-order valence-corrected chi connectivity index (χ0v) is 14.1. The molecule has 3 heteroatoms. The molecular weight excluding hydrogens is 248 g/mol. The van der Waals surface area contributed by atoms with E-state index in [0.29, 0.717) is 17.5 Å². The molecule has 20 heavy (non-hydrogen) atoms. The topological polar surface area (TPSA) is 35.5 Å². The minimum absolute atomic E-state index is 0.282. The van der Waals surface area contributed by atoms with Crippen LogP contribution in [0.1, 0.15) is 66.2 Å². The van der Waals surface area contributed by atoms with Crippen molar-refractivity contribution in [1.82, 2.24) is 10.2 Å². The predicted molar refractivity (Wildman–Crippen MR) is 87.1 cm³/mol. The number of hydrogen-bond acceptors (Lipinski definition) is 3. The van der Waals surface area contributed by atoms with Crippen LogP contribution in [0.2, 0.25) is 0 Å². The van der Waals surface area contributed by atoms with Crippen molar-refractivity contribution in [3.05, 3.63) is 0 Å². The molecule has 0 aliphatic heterocycles. The van der Waals surface area contributed by atoms with Crippen molar-refractivity contribution in [1.29, 1.82) is 0 Å². The summed E-state index contributed by atoms with van der Waals surface area (Å²) in [6, 6.07) is 1.19. The quantitative estimate of drug-likeness (QED) is 0.647. The maximum Gasteiger partial charge on any atom is 0.0558 e. The molecular formula is C17H36N2O. The van der Waals surface area contributed by atoms with E-state index < -0.39 is 0 Å². The van der Waals surface area contributed by atoms with Crippen LogP contribution < -0.4 is 5.32 Å². The van der Waals surface area contributed by atoms with Crippen molar-refractivity contribution in [2.45, 2.75) is 78.3 Å². The highest BCUT2D eigenvalue weighted by molar-refractivity contribution is 4.91. The summed E-state index contributed by atoms with van der Waals surface area (Å²) in [4.78, 5) is 2.55. The molecule has 0 unspecified atom stereocenters. The van der Waals surface area contributed by atoms with Crippen molar-refractivity contribution < 1.29 is 5.11 Å². The zero-order chi connectivity index (χ0) is 15.0. The van der Waals surface area contributed by atoms with E-state index in [1.54, 1.807) is 0 Å². The number of aliphatic hydroxyl groups is 1. The van der Waals surface area contributed by atoms with Crippen molar-refractivity contribution in [2.24, 2.45) is 5.41 Å². The van der Waals surface area contributed by atoms with Crippen molar-refractivity contribution in [2.75, 3.05) is 26.2 Å². The van der Waals surface area contributed by atoms with E-state index in [1.165, 1.54) is 38.5 Å². The molecule has 1 saturated carbocycles. The molecule has 0 heterocycles. The van der Waals surface area contributed by atoms with Crippen LogP contribution in [-0.2, 0) is 0 Å². The van der Waals surface area contributed by atoms with Gasteiger partial charge in [-0.3, -0.25) is 4.90 Å². The van der Waals surface area contributed by atoms with E-state index in [9.17, 15) is 5.11 Å². The predicted octanol–water partition coefficient (Wildman–Crippen LogP) is 3.03. The summed E-state index contributed by atoms with van der Waals surface area (Å²) >= 11 is 0. The Balaban J connectivity index is 2.69. The summed E-state index contributed by atoms with van der Waals surface area (Å²) in [5.41, 5.74) is 0.433. The standard InChI is InChI=1S/C17H36N2O/c1-5-16(6-2)19(11-12-20)14-17(9-7-8-10-17)13-18-15(3)4/h15-16,18,20H,5-14H2,1-4H3. The largest absolute Gasteiger partial charge is 0.395 e. The molecule has 0 bridgehead atoms. The van der Waals surface area contributed by atoms with E-state index >= 15 is 0 Å². The first-order valence-electron chi connectivity index (χ1n) is 8.65. The second-order valence-corrected chi connectivity index (χ2v) is 6.91. The molecule has 0 aromatic rings. The molecule has 0 radical (unpaired) electrons. The van der Waals surface area contributed by atoms with Gasteiger partial charge in [-0.25, -0.2) is 0 Å². The Bertz CT molecular complexity index is 245. The van der Waals surface area contributed by atoms with Gasteiger partial charge in [0, 0.05) is 31.7 Å². The summed E-state index contributed by atoms with van der Waals surface area (Å²) < 4.78 is 0. The first kappa shape index (κ1) is 17.9. The van der Waals surface area contributed by atoms with Crippen LogP contribution in [-0.4, -0.2) is 48.3 Å². The molecule has 0 aromatic heterocycles. The zero-order valence-electron chi connectivity index (χ0n) is 14.1. The van der Waals surface area contributed by atoms with Crippen molar-refractivity contribution in [3.63, 3.8) is 0 Å². The van der Waals surface area contributed by atoms with Crippen LogP contribution in [0, 0.1) is 5.41 Å². The van der Waals surface area contributed by atoms with Crippen LogP contribution in [0.3, 0.4) is 0 Å². The van der Waals surface area contributed by atoms with Gasteiger partial charge in [0.25, 0.3) is 0 Å². The minimum Gasteiger partial charge on any atom is -0.395 e. The van der Waals surface area contributed by atoms with Gasteiger partial charge in [0.05, 0.1) is 6.61 Å². The Morgan fingerprint density at radius 1 is 1.15 bits per heavy atom. The fourth-order valence-electron chi connectivity index (χ4n) is 3.69. The van der Waals surface area contributed by atoms with Gasteiger partial charge < -0.3 is 10.4 Å². The monoisotopic (exact) mass is 284 g/mol. The number of hydrogen-bond donors (Lipinski definition) is 2. The maximum absolute atomic E-state index is 9.40. The third-order valence-electron chi connectivity index (χ3n) is 4.93. The molecule has 0 amide bonds. The van der Waals surface area contributed by atoms with Gasteiger partial charge in [-0.2, -0.15) is 0 Å². The lowest BCUT2D eigenvalue weighted by Crippen LogP contribution is -2.48. The fraction of sp³-hybridized carbons (Fsp3) is 1.00. The second-order valence-electron chi connectivity index (χ2n) is 6.91. The third kappa shape index (κ3) is 5.34. The molecule has 3 nitrogen and oxygen atoms in total. The first-order valence-corrected chi connectivity index (χ1v) is 8.65. The molecule has 2 N–H and O–H groups in total. The molecule has 0 atom stereocenters. The van der Waals surface area contributed by atoms with Gasteiger partial charge in [0.2, 0.25) is 0 Å². The van der Waals surface area contributed by atoms with E-state index in [1.807, 2.05) is 0 Å². The highest BCUT2D eigenvalue weighted by Gasteiger charge is 2.36. The molecule has 0 saturated heterocycles. The SMILES string of the molecule is CCC(CC)N(CCO)CC1(CNC(C)C)CCCC1. The van der Waals surface area contributed by atoms with Gasteiger partial charge in [0.1, 0.15) is 0 Å². The van der Waals surface area contributed by atoms with Crippen LogP contribution in [0.4, 0.5) is 0 Å². The Morgan fingerprint density at radius 2 is 1.75 bits per heavy atom. The summed E-state index contributed by atoms with van der Waals surface area (Å²) in [6.45, 7) is 12.4. The number of nitrogens with one attached hydrogen (secondary N) is 1. The van der Waals surface area contributed by atoms with E-state index in [0.717, 1.165) is 19.6 Å². The van der Waals surface area contributed by atoms with Gasteiger partial charge in [-0.05, 0) is 31.1 Å². The summed E-state index contributed by atoms with van der Waals surface area (Å²) in [7, 11) is 0. The fourth-order valence-corrected chi connectivity index (χ4v) is 3.69.